The minimum Gasteiger partial charge on any atom is -0.338 e. The van der Waals surface area contributed by atoms with Crippen LogP contribution in [0.15, 0.2) is 60.1 Å². The number of rotatable bonds is 5. The summed E-state index contributed by atoms with van der Waals surface area (Å²) in [6.07, 6.45) is 2.41. The molecule has 1 heterocycles. The average molecular weight is 341 g/mol. The predicted molar refractivity (Wildman–Crippen MR) is 94.7 cm³/mol. The van der Waals surface area contributed by atoms with Crippen molar-refractivity contribution < 1.29 is 9.18 Å². The Labute approximate surface area is 143 Å². The lowest BCUT2D eigenvalue weighted by Crippen LogP contribution is -2.30. The monoisotopic (exact) mass is 341 g/mol. The van der Waals surface area contributed by atoms with Gasteiger partial charge in [-0.15, -0.1) is 11.3 Å². The molecule has 0 aliphatic carbocycles. The zero-order valence-corrected chi connectivity index (χ0v) is 13.6. The smallest absolute Gasteiger partial charge is 0.319 e. The second-order valence-electron chi connectivity index (χ2n) is 5.17. The third-order valence-electron chi connectivity index (χ3n) is 3.43. The number of hydrogen-bond donors (Lipinski definition) is 2. The van der Waals surface area contributed by atoms with E-state index in [-0.39, 0.29) is 11.8 Å². The quantitative estimate of drug-likeness (QED) is 0.726. The molecule has 4 nitrogen and oxygen atoms in total. The van der Waals surface area contributed by atoms with Crippen LogP contribution in [-0.4, -0.2) is 17.6 Å². The van der Waals surface area contributed by atoms with E-state index in [1.54, 1.807) is 29.7 Å². The summed E-state index contributed by atoms with van der Waals surface area (Å²) in [7, 11) is 0. The van der Waals surface area contributed by atoms with E-state index in [1.807, 2.05) is 29.6 Å². The number of urea groups is 1. The lowest BCUT2D eigenvalue weighted by molar-refractivity contribution is 0.252. The number of carbonyl (C=O) groups is 1. The highest BCUT2D eigenvalue weighted by molar-refractivity contribution is 7.13. The Morgan fingerprint density at radius 2 is 1.83 bits per heavy atom. The maximum Gasteiger partial charge on any atom is 0.319 e. The first kappa shape index (κ1) is 16.1. The summed E-state index contributed by atoms with van der Waals surface area (Å²) in [5, 5.41) is 8.44. The zero-order chi connectivity index (χ0) is 16.8. The molecular formula is C18H16FN3OS. The van der Waals surface area contributed by atoms with E-state index < -0.39 is 0 Å². The van der Waals surface area contributed by atoms with Crippen molar-refractivity contribution in [2.24, 2.45) is 0 Å². The topological polar surface area (TPSA) is 54.0 Å². The van der Waals surface area contributed by atoms with Crippen LogP contribution in [-0.2, 0) is 6.42 Å². The first-order chi connectivity index (χ1) is 11.7. The molecule has 2 aromatic carbocycles. The van der Waals surface area contributed by atoms with Crippen LogP contribution in [0.5, 0.6) is 0 Å². The summed E-state index contributed by atoms with van der Waals surface area (Å²) < 4.78 is 12.8. The number of thiazole rings is 1. The SMILES string of the molecule is O=C(NCCc1ccc(F)cc1)Nc1ccc(-c2nccs2)cc1. The number of aromatic nitrogens is 1. The molecule has 0 radical (unpaired) electrons. The first-order valence-corrected chi connectivity index (χ1v) is 8.38. The molecule has 3 rings (SSSR count). The van der Waals surface area contributed by atoms with Gasteiger partial charge in [-0.3, -0.25) is 0 Å². The van der Waals surface area contributed by atoms with Crippen molar-refractivity contribution in [1.29, 1.82) is 0 Å². The molecule has 0 saturated heterocycles. The summed E-state index contributed by atoms with van der Waals surface area (Å²) in [5.74, 6) is -0.259. The van der Waals surface area contributed by atoms with Crippen LogP contribution in [0.2, 0.25) is 0 Å². The van der Waals surface area contributed by atoms with Gasteiger partial charge in [-0.1, -0.05) is 12.1 Å². The number of carbonyl (C=O) groups excluding carboxylic acids is 1. The lowest BCUT2D eigenvalue weighted by Gasteiger charge is -2.08. The normalized spacial score (nSPS) is 10.4. The summed E-state index contributed by atoms with van der Waals surface area (Å²) in [5.41, 5.74) is 2.71. The van der Waals surface area contributed by atoms with Crippen LogP contribution >= 0.6 is 11.3 Å². The van der Waals surface area contributed by atoms with Crippen molar-refractivity contribution in [3.63, 3.8) is 0 Å². The van der Waals surface area contributed by atoms with Gasteiger partial charge in [-0.2, -0.15) is 0 Å². The highest BCUT2D eigenvalue weighted by Gasteiger charge is 2.04. The number of anilines is 1. The molecule has 0 unspecified atom stereocenters. The fraction of sp³-hybridized carbons (Fsp3) is 0.111. The molecule has 0 bridgehead atoms. The van der Waals surface area contributed by atoms with Gasteiger partial charge < -0.3 is 10.6 Å². The maximum atomic E-state index is 12.8. The molecule has 0 spiro atoms. The number of halogens is 1. The number of benzene rings is 2. The van der Waals surface area contributed by atoms with Gasteiger partial charge in [0.15, 0.2) is 0 Å². The summed E-state index contributed by atoms with van der Waals surface area (Å²) in [6, 6.07) is 13.5. The molecule has 0 aliphatic rings. The average Bonchev–Trinajstić information content (AvgIpc) is 3.12. The molecule has 6 heteroatoms. The van der Waals surface area contributed by atoms with E-state index in [9.17, 15) is 9.18 Å². The van der Waals surface area contributed by atoms with Gasteiger partial charge in [0.1, 0.15) is 10.8 Å². The van der Waals surface area contributed by atoms with Crippen molar-refractivity contribution in [2.75, 3.05) is 11.9 Å². The number of nitrogens with one attached hydrogen (secondary N) is 2. The molecule has 0 aliphatic heterocycles. The Morgan fingerprint density at radius 3 is 2.50 bits per heavy atom. The Kier molecular flexibility index (Phi) is 5.18. The Morgan fingerprint density at radius 1 is 1.08 bits per heavy atom. The first-order valence-electron chi connectivity index (χ1n) is 7.50. The third kappa shape index (κ3) is 4.39. The van der Waals surface area contributed by atoms with Crippen LogP contribution in [0.1, 0.15) is 5.56 Å². The second-order valence-corrected chi connectivity index (χ2v) is 6.07. The minimum atomic E-state index is -0.265. The Balaban J connectivity index is 1.47. The fourth-order valence-corrected chi connectivity index (χ4v) is 2.85. The Hall–Kier alpha value is -2.73. The largest absolute Gasteiger partial charge is 0.338 e. The standard InChI is InChI=1S/C18H16FN3OS/c19-15-5-1-13(2-6-15)9-10-21-18(23)22-16-7-3-14(4-8-16)17-20-11-12-24-17/h1-8,11-12H,9-10H2,(H2,21,22,23). The molecule has 24 heavy (non-hydrogen) atoms. The van der Waals surface area contributed by atoms with Crippen molar-refractivity contribution in [3.8, 4) is 10.6 Å². The molecular weight excluding hydrogens is 325 g/mol. The molecule has 1 aromatic heterocycles. The second kappa shape index (κ2) is 7.70. The van der Waals surface area contributed by atoms with Crippen LogP contribution in [0, 0.1) is 5.82 Å². The maximum absolute atomic E-state index is 12.8. The molecule has 3 aromatic rings. The summed E-state index contributed by atoms with van der Waals surface area (Å²) in [4.78, 5) is 16.1. The van der Waals surface area contributed by atoms with E-state index in [2.05, 4.69) is 15.6 Å². The Bertz CT molecular complexity index is 786. The van der Waals surface area contributed by atoms with Crippen LogP contribution in [0.4, 0.5) is 14.9 Å². The van der Waals surface area contributed by atoms with Crippen molar-refractivity contribution in [2.45, 2.75) is 6.42 Å². The molecule has 0 atom stereocenters. The third-order valence-corrected chi connectivity index (χ3v) is 4.26. The number of amides is 2. The number of nitrogens with zero attached hydrogens (tertiary/aromatic N) is 1. The van der Waals surface area contributed by atoms with Gasteiger partial charge in [-0.05, 0) is 48.4 Å². The predicted octanol–water partition coefficient (Wildman–Crippen LogP) is 4.31. The van der Waals surface area contributed by atoms with E-state index >= 15 is 0 Å². The number of hydrogen-bond acceptors (Lipinski definition) is 3. The lowest BCUT2D eigenvalue weighted by atomic mass is 10.1. The van der Waals surface area contributed by atoms with E-state index in [0.717, 1.165) is 21.8 Å². The molecule has 2 N–H and O–H groups in total. The van der Waals surface area contributed by atoms with Crippen LogP contribution in [0.3, 0.4) is 0 Å². The van der Waals surface area contributed by atoms with E-state index in [4.69, 9.17) is 0 Å². The van der Waals surface area contributed by atoms with Gasteiger partial charge >= 0.3 is 6.03 Å². The zero-order valence-electron chi connectivity index (χ0n) is 12.8. The van der Waals surface area contributed by atoms with Gasteiger partial charge in [0, 0.05) is 29.4 Å². The highest BCUT2D eigenvalue weighted by atomic mass is 32.1. The van der Waals surface area contributed by atoms with Crippen molar-refractivity contribution in [1.82, 2.24) is 10.3 Å². The highest BCUT2D eigenvalue weighted by Crippen LogP contribution is 2.23. The van der Waals surface area contributed by atoms with Gasteiger partial charge in [0.05, 0.1) is 0 Å². The van der Waals surface area contributed by atoms with Crippen LogP contribution < -0.4 is 10.6 Å². The van der Waals surface area contributed by atoms with Crippen molar-refractivity contribution >= 4 is 23.1 Å². The molecule has 2 amide bonds. The molecule has 122 valence electrons. The molecule has 0 saturated carbocycles. The van der Waals surface area contributed by atoms with Gasteiger partial charge in [-0.25, -0.2) is 14.2 Å². The van der Waals surface area contributed by atoms with E-state index in [0.29, 0.717) is 13.0 Å². The van der Waals surface area contributed by atoms with Crippen molar-refractivity contribution in [3.05, 3.63) is 71.5 Å². The van der Waals surface area contributed by atoms with Gasteiger partial charge in [0.2, 0.25) is 0 Å². The fourth-order valence-electron chi connectivity index (χ4n) is 2.21. The van der Waals surface area contributed by atoms with E-state index in [1.165, 1.54) is 12.1 Å². The minimum absolute atomic E-state index is 0.259. The molecule has 0 fully saturated rings. The van der Waals surface area contributed by atoms with Crippen LogP contribution in [0.25, 0.3) is 10.6 Å². The summed E-state index contributed by atoms with van der Waals surface area (Å²) in [6.45, 7) is 0.481. The van der Waals surface area contributed by atoms with Gasteiger partial charge in [0.25, 0.3) is 0 Å². The summed E-state index contributed by atoms with van der Waals surface area (Å²) >= 11 is 1.57.